The zero-order chi connectivity index (χ0) is 14.0. The van der Waals surface area contributed by atoms with Crippen LogP contribution in [0.2, 0.25) is 0 Å². The summed E-state index contributed by atoms with van der Waals surface area (Å²) >= 11 is 0. The molecule has 0 amide bonds. The van der Waals surface area contributed by atoms with Gasteiger partial charge in [-0.05, 0) is 6.42 Å². The Balaban J connectivity index is 3.96. The van der Waals surface area contributed by atoms with Gasteiger partial charge in [-0.3, -0.25) is 9.36 Å². The molecule has 0 aliphatic carbocycles. The summed E-state index contributed by atoms with van der Waals surface area (Å²) in [5, 5.41) is 0. The summed E-state index contributed by atoms with van der Waals surface area (Å²) in [5.41, 5.74) is 0. The first-order valence-corrected chi connectivity index (χ1v) is 8.18. The molecule has 0 aliphatic rings. The molecule has 0 saturated heterocycles. The third kappa shape index (κ3) is 8.47. The van der Waals surface area contributed by atoms with Gasteiger partial charge in [0.1, 0.15) is 6.61 Å². The van der Waals surface area contributed by atoms with E-state index in [4.69, 9.17) is 4.52 Å². The fourth-order valence-corrected chi connectivity index (χ4v) is 1.54. The van der Waals surface area contributed by atoms with Gasteiger partial charge in [0.05, 0.1) is 0 Å². The van der Waals surface area contributed by atoms with Crippen LogP contribution in [0.15, 0.2) is 0 Å². The molecule has 0 fully saturated rings. The van der Waals surface area contributed by atoms with Crippen molar-refractivity contribution in [3.05, 3.63) is 0 Å². The summed E-state index contributed by atoms with van der Waals surface area (Å²) in [5.74, 6) is 5.72. The van der Waals surface area contributed by atoms with Gasteiger partial charge in [-0.2, -0.15) is 0 Å². The minimum Gasteiger partial charge on any atom is -0.312 e. The number of rotatable bonds is 8. The molecule has 0 N–H and O–H groups in total. The molecule has 0 heterocycles. The predicted octanol–water partition coefficient (Wildman–Crippen LogP) is 3.26. The average Bonchev–Trinajstić information content (AvgIpc) is 2.35. The van der Waals surface area contributed by atoms with Crippen LogP contribution in [0, 0.1) is 17.8 Å². The maximum atomic E-state index is 11.7. The van der Waals surface area contributed by atoms with Crippen LogP contribution >= 0.6 is 7.60 Å². The molecule has 0 aromatic carbocycles. The lowest BCUT2D eigenvalue weighted by Crippen LogP contribution is -2.16. The molecule has 0 bridgehead atoms. The van der Waals surface area contributed by atoms with Crippen molar-refractivity contribution in [2.75, 3.05) is 20.4 Å². The van der Waals surface area contributed by atoms with Gasteiger partial charge in [0.15, 0.2) is 5.78 Å². The highest BCUT2D eigenvalue weighted by molar-refractivity contribution is 7.52. The molecule has 0 saturated carbocycles. The Morgan fingerprint density at radius 1 is 1.39 bits per heavy atom. The van der Waals surface area contributed by atoms with E-state index in [0.29, 0.717) is 6.42 Å². The second kappa shape index (κ2) is 9.33. The van der Waals surface area contributed by atoms with Crippen molar-refractivity contribution in [2.45, 2.75) is 39.5 Å². The van der Waals surface area contributed by atoms with Gasteiger partial charge < -0.3 is 9.05 Å². The zero-order valence-electron chi connectivity index (χ0n) is 11.7. The number of hydrogen-bond donors (Lipinski definition) is 0. The van der Waals surface area contributed by atoms with Crippen LogP contribution in [0.5, 0.6) is 0 Å². The van der Waals surface area contributed by atoms with Crippen molar-refractivity contribution in [2.24, 2.45) is 5.92 Å². The molecule has 18 heavy (non-hydrogen) atoms. The minimum absolute atomic E-state index is 0.0982. The van der Waals surface area contributed by atoms with Crippen LogP contribution in [-0.4, -0.2) is 26.2 Å². The van der Waals surface area contributed by atoms with Crippen molar-refractivity contribution in [3.8, 4) is 11.8 Å². The lowest BCUT2D eigenvalue weighted by atomic mass is 10.0. The monoisotopic (exact) mass is 274 g/mol. The predicted molar refractivity (Wildman–Crippen MR) is 72.6 cm³/mol. The van der Waals surface area contributed by atoms with Crippen LogP contribution in [0.25, 0.3) is 0 Å². The van der Waals surface area contributed by atoms with Crippen LogP contribution in [0.3, 0.4) is 0 Å². The van der Waals surface area contributed by atoms with E-state index in [1.54, 1.807) is 6.92 Å². The van der Waals surface area contributed by atoms with Gasteiger partial charge in [0.2, 0.25) is 0 Å². The molecule has 0 aromatic heterocycles. The smallest absolute Gasteiger partial charge is 0.312 e. The van der Waals surface area contributed by atoms with E-state index >= 15 is 0 Å². The van der Waals surface area contributed by atoms with E-state index < -0.39 is 7.60 Å². The van der Waals surface area contributed by atoms with E-state index in [-0.39, 0.29) is 18.3 Å². The van der Waals surface area contributed by atoms with Crippen LogP contribution in [-0.2, 0) is 18.4 Å². The molecule has 2 atom stereocenters. The number of carbonyl (C=O) groups excluding carboxylic acids is 1. The molecule has 0 spiro atoms. The van der Waals surface area contributed by atoms with Crippen molar-refractivity contribution in [1.82, 2.24) is 0 Å². The molecule has 0 aromatic rings. The van der Waals surface area contributed by atoms with Gasteiger partial charge in [0.25, 0.3) is 0 Å². The van der Waals surface area contributed by atoms with Crippen molar-refractivity contribution in [1.29, 1.82) is 0 Å². The second-order valence-corrected chi connectivity index (χ2v) is 6.42. The van der Waals surface area contributed by atoms with Crippen molar-refractivity contribution < 1.29 is 18.4 Å². The van der Waals surface area contributed by atoms with E-state index in [9.17, 15) is 9.36 Å². The summed E-state index contributed by atoms with van der Waals surface area (Å²) in [6, 6.07) is 0. The molecule has 0 aliphatic heterocycles. The highest BCUT2D eigenvalue weighted by Gasteiger charge is 2.19. The summed E-state index contributed by atoms with van der Waals surface area (Å²) in [7, 11) is -1.77. The van der Waals surface area contributed by atoms with Gasteiger partial charge >= 0.3 is 7.60 Å². The Morgan fingerprint density at radius 2 is 2.06 bits per heavy atom. The van der Waals surface area contributed by atoms with E-state index in [1.165, 1.54) is 13.8 Å². The first-order chi connectivity index (χ1) is 8.43. The standard InChI is InChI=1S/C13H23O4P/c1-5-6-7-8-9-10-12(2)13(14)11-17-18(4,15)16-3/h12H,5-7,10-11H2,1-4H3. The summed E-state index contributed by atoms with van der Waals surface area (Å²) in [6.07, 6.45) is 3.61. The van der Waals surface area contributed by atoms with Gasteiger partial charge in [-0.25, -0.2) is 0 Å². The summed E-state index contributed by atoms with van der Waals surface area (Å²) in [6.45, 7) is 5.08. The van der Waals surface area contributed by atoms with E-state index in [2.05, 4.69) is 23.3 Å². The fraction of sp³-hybridized carbons (Fsp3) is 0.769. The highest BCUT2D eigenvalue weighted by atomic mass is 31.2. The van der Waals surface area contributed by atoms with Crippen LogP contribution in [0.1, 0.15) is 39.5 Å². The SMILES string of the molecule is CCCCC#CCC(C)C(=O)COP(C)(=O)OC. The maximum absolute atomic E-state index is 11.7. The molecular weight excluding hydrogens is 251 g/mol. The van der Waals surface area contributed by atoms with E-state index in [0.717, 1.165) is 19.3 Å². The van der Waals surface area contributed by atoms with Crippen LogP contribution < -0.4 is 0 Å². The molecule has 0 rings (SSSR count). The topological polar surface area (TPSA) is 52.6 Å². The number of ketones is 1. The first-order valence-electron chi connectivity index (χ1n) is 6.19. The third-order valence-electron chi connectivity index (χ3n) is 2.51. The molecular formula is C13H23O4P. The summed E-state index contributed by atoms with van der Waals surface area (Å²) < 4.78 is 21.0. The second-order valence-electron chi connectivity index (χ2n) is 4.26. The average molecular weight is 274 g/mol. The Kier molecular flexibility index (Phi) is 9.01. The molecule has 0 radical (unpaired) electrons. The Bertz CT molecular complexity index is 354. The number of hydrogen-bond acceptors (Lipinski definition) is 4. The normalized spacial score (nSPS) is 15.3. The Labute approximate surface area is 110 Å². The number of Topliss-reactive ketones (excluding diaryl/α,β-unsaturated/α-hetero) is 1. The Hall–Kier alpha value is -0.620. The van der Waals surface area contributed by atoms with Gasteiger partial charge in [0, 0.05) is 32.5 Å². The highest BCUT2D eigenvalue weighted by Crippen LogP contribution is 2.42. The summed E-state index contributed by atoms with van der Waals surface area (Å²) in [4.78, 5) is 11.7. The Morgan fingerprint density at radius 3 is 2.61 bits per heavy atom. The minimum atomic E-state index is -3.06. The largest absolute Gasteiger partial charge is 0.327 e. The first kappa shape index (κ1) is 17.4. The zero-order valence-corrected chi connectivity index (χ0v) is 12.6. The molecule has 2 unspecified atom stereocenters. The quantitative estimate of drug-likeness (QED) is 0.387. The van der Waals surface area contributed by atoms with Crippen LogP contribution in [0.4, 0.5) is 0 Å². The van der Waals surface area contributed by atoms with Gasteiger partial charge in [-0.1, -0.05) is 20.3 Å². The van der Waals surface area contributed by atoms with E-state index in [1.807, 2.05) is 0 Å². The van der Waals surface area contributed by atoms with Crippen molar-refractivity contribution >= 4 is 13.4 Å². The fourth-order valence-electron chi connectivity index (χ4n) is 1.07. The number of carbonyl (C=O) groups is 1. The molecule has 104 valence electrons. The molecule has 4 nitrogen and oxygen atoms in total. The van der Waals surface area contributed by atoms with Crippen molar-refractivity contribution in [3.63, 3.8) is 0 Å². The maximum Gasteiger partial charge on any atom is 0.327 e. The van der Waals surface area contributed by atoms with Gasteiger partial charge in [-0.15, -0.1) is 11.8 Å². The third-order valence-corrected chi connectivity index (χ3v) is 3.77. The lowest BCUT2D eigenvalue weighted by molar-refractivity contribution is -0.124. The number of unbranched alkanes of at least 4 members (excludes halogenated alkanes) is 2. The lowest BCUT2D eigenvalue weighted by Gasteiger charge is -2.12. The molecule has 5 heteroatoms.